The van der Waals surface area contributed by atoms with Crippen LogP contribution in [0.3, 0.4) is 0 Å². The number of aromatic nitrogens is 1. The standard InChI is InChI=1S/C13H14BrN3O2S/c1-8-7-20-13(16-8)9(2)15-6-10-3-4-11(14)5-12(10)17(18)19/h3-5,7,9,15H,6H2,1-2H3. The Morgan fingerprint density at radius 2 is 2.30 bits per heavy atom. The van der Waals surface area contributed by atoms with Crippen LogP contribution in [0.15, 0.2) is 28.1 Å². The van der Waals surface area contributed by atoms with Gasteiger partial charge in [-0.15, -0.1) is 11.3 Å². The summed E-state index contributed by atoms with van der Waals surface area (Å²) in [5.41, 5.74) is 1.78. The maximum absolute atomic E-state index is 11.0. The van der Waals surface area contributed by atoms with Crippen molar-refractivity contribution >= 4 is 33.0 Å². The van der Waals surface area contributed by atoms with E-state index in [0.29, 0.717) is 16.6 Å². The molecule has 5 nitrogen and oxygen atoms in total. The van der Waals surface area contributed by atoms with Gasteiger partial charge in [-0.25, -0.2) is 4.98 Å². The fourth-order valence-corrected chi connectivity index (χ4v) is 2.96. The summed E-state index contributed by atoms with van der Waals surface area (Å²) in [6.45, 7) is 4.39. The highest BCUT2D eigenvalue weighted by atomic mass is 79.9. The first-order valence-electron chi connectivity index (χ1n) is 6.05. The first kappa shape index (κ1) is 15.1. The lowest BCUT2D eigenvalue weighted by Gasteiger charge is -2.11. The topological polar surface area (TPSA) is 68.1 Å². The highest BCUT2D eigenvalue weighted by Gasteiger charge is 2.16. The van der Waals surface area contributed by atoms with E-state index in [-0.39, 0.29) is 16.7 Å². The van der Waals surface area contributed by atoms with E-state index in [9.17, 15) is 10.1 Å². The molecule has 1 aromatic heterocycles. The Hall–Kier alpha value is -1.31. The molecule has 1 heterocycles. The van der Waals surface area contributed by atoms with Gasteiger partial charge in [0.2, 0.25) is 0 Å². The van der Waals surface area contributed by atoms with Gasteiger partial charge in [0.15, 0.2) is 0 Å². The highest BCUT2D eigenvalue weighted by Crippen LogP contribution is 2.24. The van der Waals surface area contributed by atoms with Gasteiger partial charge >= 0.3 is 0 Å². The van der Waals surface area contributed by atoms with Crippen LogP contribution in [0.1, 0.15) is 29.2 Å². The maximum Gasteiger partial charge on any atom is 0.275 e. The molecule has 20 heavy (non-hydrogen) atoms. The third-order valence-corrected chi connectivity index (χ3v) is 4.49. The molecule has 2 aromatic rings. The van der Waals surface area contributed by atoms with Crippen molar-refractivity contribution in [1.82, 2.24) is 10.3 Å². The number of nitrogens with one attached hydrogen (secondary N) is 1. The molecule has 0 aliphatic carbocycles. The van der Waals surface area contributed by atoms with Crippen LogP contribution in [0.25, 0.3) is 0 Å². The predicted molar refractivity (Wildman–Crippen MR) is 82.9 cm³/mol. The minimum absolute atomic E-state index is 0.0666. The van der Waals surface area contributed by atoms with Crippen LogP contribution in [0.4, 0.5) is 5.69 Å². The number of thiazole rings is 1. The van der Waals surface area contributed by atoms with Crippen molar-refractivity contribution in [2.24, 2.45) is 0 Å². The van der Waals surface area contributed by atoms with Gasteiger partial charge in [-0.05, 0) is 26.0 Å². The zero-order valence-electron chi connectivity index (χ0n) is 11.1. The molecule has 1 N–H and O–H groups in total. The molecule has 0 saturated carbocycles. The summed E-state index contributed by atoms with van der Waals surface area (Å²) < 4.78 is 0.705. The molecule has 2 rings (SSSR count). The fourth-order valence-electron chi connectivity index (χ4n) is 1.78. The van der Waals surface area contributed by atoms with Gasteiger partial charge < -0.3 is 5.32 Å². The fraction of sp³-hybridized carbons (Fsp3) is 0.308. The summed E-state index contributed by atoms with van der Waals surface area (Å²) in [4.78, 5) is 15.1. The van der Waals surface area contributed by atoms with Crippen LogP contribution in [0, 0.1) is 17.0 Å². The van der Waals surface area contributed by atoms with Gasteiger partial charge in [-0.1, -0.05) is 15.9 Å². The maximum atomic E-state index is 11.0. The van der Waals surface area contributed by atoms with E-state index >= 15 is 0 Å². The highest BCUT2D eigenvalue weighted by molar-refractivity contribution is 9.10. The molecule has 0 aliphatic rings. The smallest absolute Gasteiger partial charge is 0.275 e. The Bertz CT molecular complexity index is 630. The molecule has 1 unspecified atom stereocenters. The van der Waals surface area contributed by atoms with Crippen LogP contribution in [0.5, 0.6) is 0 Å². The number of halogens is 1. The van der Waals surface area contributed by atoms with E-state index in [0.717, 1.165) is 10.7 Å². The summed E-state index contributed by atoms with van der Waals surface area (Å²) in [6, 6.07) is 5.16. The second kappa shape index (κ2) is 6.43. The monoisotopic (exact) mass is 355 g/mol. The van der Waals surface area contributed by atoms with Gasteiger partial charge in [0, 0.05) is 33.7 Å². The van der Waals surface area contributed by atoms with Crippen molar-refractivity contribution < 1.29 is 4.92 Å². The minimum atomic E-state index is -0.361. The number of benzene rings is 1. The van der Waals surface area contributed by atoms with Gasteiger partial charge in [-0.3, -0.25) is 10.1 Å². The first-order valence-corrected chi connectivity index (χ1v) is 7.73. The lowest BCUT2D eigenvalue weighted by atomic mass is 10.1. The molecule has 7 heteroatoms. The number of nitro groups is 1. The van der Waals surface area contributed by atoms with Gasteiger partial charge in [-0.2, -0.15) is 0 Å². The average molecular weight is 356 g/mol. The number of hydrogen-bond acceptors (Lipinski definition) is 5. The lowest BCUT2D eigenvalue weighted by molar-refractivity contribution is -0.385. The van der Waals surface area contributed by atoms with Crippen molar-refractivity contribution in [3.63, 3.8) is 0 Å². The van der Waals surface area contributed by atoms with Crippen LogP contribution in [0.2, 0.25) is 0 Å². The quantitative estimate of drug-likeness (QED) is 0.650. The molecule has 0 spiro atoms. The molecule has 1 atom stereocenters. The Labute approximate surface area is 129 Å². The molecule has 0 aliphatic heterocycles. The molecule has 0 amide bonds. The van der Waals surface area contributed by atoms with Gasteiger partial charge in [0.05, 0.1) is 11.0 Å². The number of aryl methyl sites for hydroxylation is 1. The molecular weight excluding hydrogens is 342 g/mol. The van der Waals surface area contributed by atoms with Crippen molar-refractivity contribution in [2.75, 3.05) is 0 Å². The SMILES string of the molecule is Cc1csc(C(C)NCc2ccc(Br)cc2[N+](=O)[O-])n1. The number of rotatable bonds is 5. The molecule has 0 fully saturated rings. The molecule has 1 aromatic carbocycles. The summed E-state index contributed by atoms with van der Waals surface area (Å²) in [7, 11) is 0. The van der Waals surface area contributed by atoms with Crippen LogP contribution in [-0.4, -0.2) is 9.91 Å². The van der Waals surface area contributed by atoms with Gasteiger partial charge in [0.25, 0.3) is 5.69 Å². The molecule has 106 valence electrons. The van der Waals surface area contributed by atoms with Crippen LogP contribution < -0.4 is 5.32 Å². The second-order valence-corrected chi connectivity index (χ2v) is 6.27. The molecule has 0 bridgehead atoms. The lowest BCUT2D eigenvalue weighted by Crippen LogP contribution is -2.18. The summed E-state index contributed by atoms with van der Waals surface area (Å²) >= 11 is 4.84. The number of hydrogen-bond donors (Lipinski definition) is 1. The Morgan fingerprint density at radius 3 is 2.90 bits per heavy atom. The van der Waals surface area contributed by atoms with Crippen molar-refractivity contribution in [1.29, 1.82) is 0 Å². The summed E-state index contributed by atoms with van der Waals surface area (Å²) in [5, 5.41) is 17.3. The molecule has 0 radical (unpaired) electrons. The van der Waals surface area contributed by atoms with E-state index in [1.807, 2.05) is 25.3 Å². The van der Waals surface area contributed by atoms with Gasteiger partial charge in [0.1, 0.15) is 5.01 Å². The van der Waals surface area contributed by atoms with E-state index in [1.165, 1.54) is 6.07 Å². The Balaban J connectivity index is 2.09. The van der Waals surface area contributed by atoms with Crippen LogP contribution >= 0.6 is 27.3 Å². The minimum Gasteiger partial charge on any atom is -0.304 e. The zero-order chi connectivity index (χ0) is 14.7. The van der Waals surface area contributed by atoms with Crippen LogP contribution in [-0.2, 0) is 6.54 Å². The van der Waals surface area contributed by atoms with E-state index in [4.69, 9.17) is 0 Å². The second-order valence-electron chi connectivity index (χ2n) is 4.46. The zero-order valence-corrected chi connectivity index (χ0v) is 13.5. The average Bonchev–Trinajstić information content (AvgIpc) is 2.83. The largest absolute Gasteiger partial charge is 0.304 e. The number of nitrogens with zero attached hydrogens (tertiary/aromatic N) is 2. The first-order chi connectivity index (χ1) is 9.47. The molecule has 0 saturated heterocycles. The van der Waals surface area contributed by atoms with Crippen molar-refractivity contribution in [3.05, 3.63) is 54.4 Å². The Morgan fingerprint density at radius 1 is 1.55 bits per heavy atom. The third kappa shape index (κ3) is 3.62. The summed E-state index contributed by atoms with van der Waals surface area (Å²) in [5.74, 6) is 0. The van der Waals surface area contributed by atoms with E-state index in [1.54, 1.807) is 17.4 Å². The Kier molecular flexibility index (Phi) is 4.85. The summed E-state index contributed by atoms with van der Waals surface area (Å²) in [6.07, 6.45) is 0. The number of nitro benzene ring substituents is 1. The van der Waals surface area contributed by atoms with E-state index in [2.05, 4.69) is 26.2 Å². The van der Waals surface area contributed by atoms with Crippen molar-refractivity contribution in [2.45, 2.75) is 26.4 Å². The third-order valence-electron chi connectivity index (χ3n) is 2.85. The van der Waals surface area contributed by atoms with Crippen molar-refractivity contribution in [3.8, 4) is 0 Å². The van der Waals surface area contributed by atoms with E-state index < -0.39 is 0 Å². The normalized spacial score (nSPS) is 12.3. The molecular formula is C13H14BrN3O2S. The predicted octanol–water partition coefficient (Wildman–Crippen LogP) is 3.97.